The van der Waals surface area contributed by atoms with Gasteiger partial charge in [0, 0.05) is 0 Å². The number of H-pyrrole nitrogens is 2. The van der Waals surface area contributed by atoms with Crippen LogP contribution in [0.25, 0.3) is 21.8 Å². The zero-order valence-electron chi connectivity index (χ0n) is 10.2. The number of hydrogen-bond donors (Lipinski definition) is 2. The van der Waals surface area contributed by atoms with Gasteiger partial charge in [-0.3, -0.25) is 0 Å². The van der Waals surface area contributed by atoms with Crippen molar-refractivity contribution in [1.82, 2.24) is 9.97 Å². The number of aromatic nitrogens is 2. The van der Waals surface area contributed by atoms with Crippen molar-refractivity contribution in [2.24, 2.45) is 0 Å². The van der Waals surface area contributed by atoms with E-state index in [0.717, 1.165) is 0 Å². The molecule has 2 aromatic carbocycles. The molecule has 0 aliphatic heterocycles. The first-order valence-electron chi connectivity index (χ1n) is 6.22. The minimum atomic E-state index is -0.376. The fourth-order valence-corrected chi connectivity index (χ4v) is 4.98. The van der Waals surface area contributed by atoms with Crippen molar-refractivity contribution in [3.05, 3.63) is 60.7 Å². The molecule has 2 nitrogen and oxygen atoms in total. The second-order valence-electron chi connectivity index (χ2n) is 4.54. The van der Waals surface area contributed by atoms with Crippen molar-refractivity contribution in [3.8, 4) is 0 Å². The van der Waals surface area contributed by atoms with Gasteiger partial charge in [-0.05, 0) is 0 Å². The predicted molar refractivity (Wildman–Crippen MR) is 81.6 cm³/mol. The monoisotopic (exact) mass is 362 g/mol. The molecule has 0 radical (unpaired) electrons. The van der Waals surface area contributed by atoms with E-state index in [2.05, 4.69) is 70.6 Å². The molecule has 0 fully saturated rings. The van der Waals surface area contributed by atoms with E-state index in [1.54, 1.807) is 0 Å². The van der Waals surface area contributed by atoms with Gasteiger partial charge in [0.25, 0.3) is 0 Å². The minimum absolute atomic E-state index is 0.376. The fourth-order valence-electron chi connectivity index (χ4n) is 2.32. The first-order valence-corrected chi connectivity index (χ1v) is 8.55. The van der Waals surface area contributed by atoms with Crippen LogP contribution in [0.5, 0.6) is 0 Å². The number of benzene rings is 2. The van der Waals surface area contributed by atoms with E-state index in [4.69, 9.17) is 0 Å². The summed E-state index contributed by atoms with van der Waals surface area (Å²) in [6, 6.07) is 21.5. The molecule has 2 heterocycles. The number of nitrogens with one attached hydrogen (secondary N) is 2. The molecule has 4 rings (SSSR count). The number of fused-ring (bicyclic) bond motifs is 2. The van der Waals surface area contributed by atoms with Gasteiger partial charge in [0.05, 0.1) is 0 Å². The Morgan fingerprint density at radius 2 is 1.11 bits per heavy atom. The van der Waals surface area contributed by atoms with Gasteiger partial charge in [0.2, 0.25) is 0 Å². The van der Waals surface area contributed by atoms with Crippen LogP contribution in [0.4, 0.5) is 0 Å². The first kappa shape index (κ1) is 11.2. The molecule has 0 saturated heterocycles. The maximum absolute atomic E-state index is 3.53. The van der Waals surface area contributed by atoms with E-state index in [1.165, 1.54) is 29.3 Å². The fraction of sp³-hybridized carbons (Fsp3) is 0. The third-order valence-electron chi connectivity index (χ3n) is 3.23. The van der Waals surface area contributed by atoms with Gasteiger partial charge in [-0.1, -0.05) is 0 Å². The summed E-state index contributed by atoms with van der Waals surface area (Å²) < 4.78 is 2.75. The summed E-state index contributed by atoms with van der Waals surface area (Å²) in [6.07, 6.45) is 0. The summed E-state index contributed by atoms with van der Waals surface area (Å²) >= 11 is -0.376. The second-order valence-corrected chi connectivity index (χ2v) is 7.64. The molecular weight excluding hydrogens is 348 g/mol. The summed E-state index contributed by atoms with van der Waals surface area (Å²) in [5.74, 6) is 0. The molecule has 0 atom stereocenters. The number of para-hydroxylation sites is 2. The van der Waals surface area contributed by atoms with Crippen LogP contribution in [0, 0.1) is 0 Å². The standard InChI is InChI=1S/C16H12N2Te/c1-3-7-13-11(5-1)9-15(17-13)19-16-10-12-6-2-4-8-14(12)18-16/h1-10,17-18H. The Morgan fingerprint density at radius 1 is 0.632 bits per heavy atom. The van der Waals surface area contributed by atoms with E-state index in [9.17, 15) is 0 Å². The normalized spacial score (nSPS) is 11.4. The zero-order valence-corrected chi connectivity index (χ0v) is 12.5. The van der Waals surface area contributed by atoms with Crippen LogP contribution < -0.4 is 7.48 Å². The van der Waals surface area contributed by atoms with Gasteiger partial charge in [0.1, 0.15) is 0 Å². The van der Waals surface area contributed by atoms with Crippen molar-refractivity contribution in [2.75, 3.05) is 0 Å². The van der Waals surface area contributed by atoms with Crippen LogP contribution >= 0.6 is 0 Å². The number of hydrogen-bond acceptors (Lipinski definition) is 0. The Labute approximate surface area is 120 Å². The zero-order chi connectivity index (χ0) is 12.7. The average molecular weight is 360 g/mol. The number of rotatable bonds is 2. The summed E-state index contributed by atoms with van der Waals surface area (Å²) in [7, 11) is 0. The summed E-state index contributed by atoms with van der Waals surface area (Å²) in [5, 5.41) is 2.61. The van der Waals surface area contributed by atoms with Crippen molar-refractivity contribution in [3.63, 3.8) is 0 Å². The quantitative estimate of drug-likeness (QED) is 0.515. The average Bonchev–Trinajstić information content (AvgIpc) is 3.00. The Kier molecular flexibility index (Phi) is 2.61. The van der Waals surface area contributed by atoms with Gasteiger partial charge in [0.15, 0.2) is 0 Å². The Balaban J connectivity index is 1.73. The third kappa shape index (κ3) is 2.06. The van der Waals surface area contributed by atoms with E-state index < -0.39 is 0 Å². The molecule has 4 aromatic rings. The van der Waals surface area contributed by atoms with Crippen LogP contribution in [-0.4, -0.2) is 30.9 Å². The van der Waals surface area contributed by atoms with Gasteiger partial charge in [-0.2, -0.15) is 0 Å². The van der Waals surface area contributed by atoms with Crippen LogP contribution in [0.15, 0.2) is 60.7 Å². The second kappa shape index (κ2) is 4.45. The third-order valence-corrected chi connectivity index (χ3v) is 5.74. The van der Waals surface area contributed by atoms with E-state index in [1.807, 2.05) is 0 Å². The molecule has 0 aliphatic carbocycles. The van der Waals surface area contributed by atoms with Crippen molar-refractivity contribution < 1.29 is 0 Å². The Hall–Kier alpha value is -1.69. The van der Waals surface area contributed by atoms with Crippen LogP contribution in [0.3, 0.4) is 0 Å². The Bertz CT molecular complexity index is 719. The van der Waals surface area contributed by atoms with Crippen LogP contribution in [0.2, 0.25) is 0 Å². The van der Waals surface area contributed by atoms with Crippen LogP contribution in [-0.2, 0) is 0 Å². The molecule has 0 aliphatic rings. The van der Waals surface area contributed by atoms with E-state index in [-0.39, 0.29) is 20.9 Å². The molecule has 0 saturated carbocycles. The molecule has 2 N–H and O–H groups in total. The summed E-state index contributed by atoms with van der Waals surface area (Å²) in [5.41, 5.74) is 2.47. The molecule has 0 amide bonds. The van der Waals surface area contributed by atoms with Gasteiger partial charge >= 0.3 is 121 Å². The SMILES string of the molecule is c1ccc2[nH]c([Te]c3cc4ccccc4[nH]3)cc2c1. The summed E-state index contributed by atoms with van der Waals surface area (Å²) in [6.45, 7) is 0. The molecule has 0 spiro atoms. The van der Waals surface area contributed by atoms with Crippen LogP contribution in [0.1, 0.15) is 0 Å². The number of aromatic amines is 2. The molecule has 2 aromatic heterocycles. The van der Waals surface area contributed by atoms with E-state index >= 15 is 0 Å². The molecule has 3 heteroatoms. The van der Waals surface area contributed by atoms with Gasteiger partial charge in [-0.15, -0.1) is 0 Å². The van der Waals surface area contributed by atoms with Crippen molar-refractivity contribution in [1.29, 1.82) is 0 Å². The van der Waals surface area contributed by atoms with Gasteiger partial charge < -0.3 is 0 Å². The molecule has 0 unspecified atom stereocenters. The molecular formula is C16H12N2Te. The summed E-state index contributed by atoms with van der Waals surface area (Å²) in [4.78, 5) is 7.05. The predicted octanol–water partition coefficient (Wildman–Crippen LogP) is 2.30. The molecule has 92 valence electrons. The van der Waals surface area contributed by atoms with E-state index in [0.29, 0.717) is 0 Å². The van der Waals surface area contributed by atoms with Crippen molar-refractivity contribution in [2.45, 2.75) is 0 Å². The molecule has 0 bridgehead atoms. The van der Waals surface area contributed by atoms with Crippen molar-refractivity contribution >= 4 is 50.2 Å². The topological polar surface area (TPSA) is 31.6 Å². The van der Waals surface area contributed by atoms with Gasteiger partial charge in [-0.25, -0.2) is 0 Å². The Morgan fingerprint density at radius 3 is 1.58 bits per heavy atom. The first-order chi connectivity index (χ1) is 9.38. The maximum atomic E-state index is 3.53. The molecule has 19 heavy (non-hydrogen) atoms.